The summed E-state index contributed by atoms with van der Waals surface area (Å²) in [5, 5.41) is 2.58. The number of nitrogens with one attached hydrogen (secondary N) is 1. The summed E-state index contributed by atoms with van der Waals surface area (Å²) in [6, 6.07) is 14.0. The first-order chi connectivity index (χ1) is 11.1. The molecule has 1 aromatic heterocycles. The third kappa shape index (κ3) is 4.55. The molecule has 126 valence electrons. The van der Waals surface area contributed by atoms with Gasteiger partial charge in [-0.1, -0.05) is 59.6 Å². The van der Waals surface area contributed by atoms with Gasteiger partial charge in [0.2, 0.25) is 0 Å². The van der Waals surface area contributed by atoms with Crippen LogP contribution in [0.3, 0.4) is 0 Å². The smallest absolute Gasteiger partial charge is 0.0499 e. The molecule has 0 bridgehead atoms. The zero-order valence-electron chi connectivity index (χ0n) is 13.3. The molecule has 5 heteroatoms. The third-order valence-corrected chi connectivity index (χ3v) is 4.35. The second-order valence-electron chi connectivity index (χ2n) is 5.62. The Hall–Kier alpha value is -1.45. The minimum atomic E-state index is 0. The molecule has 2 nitrogen and oxygen atoms in total. The number of aromatic amines is 1. The number of rotatable bonds is 5. The van der Waals surface area contributed by atoms with E-state index in [2.05, 4.69) is 47.3 Å². The zero-order valence-corrected chi connectivity index (χ0v) is 15.6. The molecule has 3 aromatic rings. The number of benzene rings is 2. The molecule has 0 saturated carbocycles. The molecule has 3 rings (SSSR count). The van der Waals surface area contributed by atoms with Crippen molar-refractivity contribution in [3.63, 3.8) is 0 Å². The largest absolute Gasteiger partial charge is 0.361 e. The first-order valence-corrected chi connectivity index (χ1v) is 8.24. The molecular formula is C19H19Cl3N2. The lowest BCUT2D eigenvalue weighted by Gasteiger charge is -2.15. The fraction of sp³-hybridized carbons (Fsp3) is 0.158. The molecule has 0 fully saturated rings. The van der Waals surface area contributed by atoms with Crippen LogP contribution >= 0.6 is 35.6 Å². The van der Waals surface area contributed by atoms with Crippen molar-refractivity contribution in [3.8, 4) is 0 Å². The van der Waals surface area contributed by atoms with Gasteiger partial charge < -0.3 is 4.98 Å². The fourth-order valence-corrected chi connectivity index (χ4v) is 3.10. The quantitative estimate of drug-likeness (QED) is 0.570. The van der Waals surface area contributed by atoms with Crippen molar-refractivity contribution in [2.24, 2.45) is 0 Å². The summed E-state index contributed by atoms with van der Waals surface area (Å²) in [5.74, 6) is 0. The van der Waals surface area contributed by atoms with E-state index >= 15 is 0 Å². The molecule has 24 heavy (non-hydrogen) atoms. The first kappa shape index (κ1) is 18.9. The SMILES string of the molecule is CN(C/C=C/c1ccc(Cl)cc1Cl)Cc1cccc2cc[nH]c12.Cl. The molecule has 0 aliphatic heterocycles. The van der Waals surface area contributed by atoms with Crippen LogP contribution in [0.15, 0.2) is 54.7 Å². The van der Waals surface area contributed by atoms with E-state index < -0.39 is 0 Å². The van der Waals surface area contributed by atoms with Crippen LogP contribution in [-0.2, 0) is 6.54 Å². The van der Waals surface area contributed by atoms with Gasteiger partial charge in [0.15, 0.2) is 0 Å². The van der Waals surface area contributed by atoms with Crippen molar-refractivity contribution >= 4 is 52.6 Å². The van der Waals surface area contributed by atoms with E-state index in [0.717, 1.165) is 18.7 Å². The summed E-state index contributed by atoms with van der Waals surface area (Å²) in [4.78, 5) is 5.57. The summed E-state index contributed by atoms with van der Waals surface area (Å²) in [5.41, 5.74) is 3.49. The van der Waals surface area contributed by atoms with Gasteiger partial charge in [-0.3, -0.25) is 4.90 Å². The van der Waals surface area contributed by atoms with Gasteiger partial charge in [0, 0.05) is 34.8 Å². The van der Waals surface area contributed by atoms with Crippen LogP contribution in [0.25, 0.3) is 17.0 Å². The van der Waals surface area contributed by atoms with Gasteiger partial charge in [-0.05, 0) is 41.8 Å². The van der Waals surface area contributed by atoms with Crippen LogP contribution in [-0.4, -0.2) is 23.5 Å². The van der Waals surface area contributed by atoms with Gasteiger partial charge in [-0.25, -0.2) is 0 Å². The molecule has 2 aromatic carbocycles. The Morgan fingerprint density at radius 1 is 1.12 bits per heavy atom. The summed E-state index contributed by atoms with van der Waals surface area (Å²) in [6.45, 7) is 1.73. The topological polar surface area (TPSA) is 19.0 Å². The molecule has 0 spiro atoms. The molecule has 1 heterocycles. The Morgan fingerprint density at radius 2 is 1.96 bits per heavy atom. The van der Waals surface area contributed by atoms with Crippen LogP contribution in [0.4, 0.5) is 0 Å². The summed E-state index contributed by atoms with van der Waals surface area (Å²) in [7, 11) is 2.11. The van der Waals surface area contributed by atoms with E-state index in [9.17, 15) is 0 Å². The van der Waals surface area contributed by atoms with Crippen LogP contribution < -0.4 is 0 Å². The minimum absolute atomic E-state index is 0. The number of H-pyrrole nitrogens is 1. The zero-order chi connectivity index (χ0) is 16.2. The van der Waals surface area contributed by atoms with E-state index in [-0.39, 0.29) is 12.4 Å². The summed E-state index contributed by atoms with van der Waals surface area (Å²) >= 11 is 12.1. The van der Waals surface area contributed by atoms with Crippen molar-refractivity contribution in [2.75, 3.05) is 13.6 Å². The minimum Gasteiger partial charge on any atom is -0.361 e. The number of fused-ring (bicyclic) bond motifs is 1. The van der Waals surface area contributed by atoms with Gasteiger partial charge in [-0.2, -0.15) is 0 Å². The number of hydrogen-bond donors (Lipinski definition) is 1. The highest BCUT2D eigenvalue weighted by atomic mass is 35.5. The highest BCUT2D eigenvalue weighted by Crippen LogP contribution is 2.22. The Bertz CT molecular complexity index is 839. The molecule has 0 atom stereocenters. The monoisotopic (exact) mass is 380 g/mol. The lowest BCUT2D eigenvalue weighted by Crippen LogP contribution is -2.17. The van der Waals surface area contributed by atoms with Crippen molar-refractivity contribution in [1.82, 2.24) is 9.88 Å². The molecular weight excluding hydrogens is 363 g/mol. The van der Waals surface area contributed by atoms with E-state index in [1.807, 2.05) is 24.4 Å². The van der Waals surface area contributed by atoms with Crippen LogP contribution in [0.5, 0.6) is 0 Å². The van der Waals surface area contributed by atoms with E-state index in [0.29, 0.717) is 10.0 Å². The number of halogens is 3. The van der Waals surface area contributed by atoms with E-state index in [1.165, 1.54) is 16.5 Å². The molecule has 0 aliphatic carbocycles. The molecule has 0 radical (unpaired) electrons. The van der Waals surface area contributed by atoms with Crippen molar-refractivity contribution in [1.29, 1.82) is 0 Å². The number of aromatic nitrogens is 1. The van der Waals surface area contributed by atoms with Crippen LogP contribution in [0, 0.1) is 0 Å². The predicted molar refractivity (Wildman–Crippen MR) is 107 cm³/mol. The highest BCUT2D eigenvalue weighted by Gasteiger charge is 2.04. The maximum atomic E-state index is 6.17. The summed E-state index contributed by atoms with van der Waals surface area (Å²) in [6.07, 6.45) is 6.13. The van der Waals surface area contributed by atoms with Crippen LogP contribution in [0.2, 0.25) is 10.0 Å². The van der Waals surface area contributed by atoms with E-state index in [1.54, 1.807) is 6.07 Å². The number of nitrogens with zero attached hydrogens (tertiary/aromatic N) is 1. The van der Waals surface area contributed by atoms with Crippen LogP contribution in [0.1, 0.15) is 11.1 Å². The van der Waals surface area contributed by atoms with Gasteiger partial charge >= 0.3 is 0 Å². The van der Waals surface area contributed by atoms with Crippen molar-refractivity contribution in [3.05, 3.63) is 75.9 Å². The van der Waals surface area contributed by atoms with Crippen molar-refractivity contribution in [2.45, 2.75) is 6.54 Å². The Kier molecular flexibility index (Phi) is 6.76. The second-order valence-corrected chi connectivity index (χ2v) is 6.47. The van der Waals surface area contributed by atoms with Gasteiger partial charge in [0.25, 0.3) is 0 Å². The normalized spacial score (nSPS) is 11.3. The standard InChI is InChI=1S/C19H18Cl2N2.ClH/c1-23(11-3-6-14-7-8-17(20)12-18(14)21)13-16-5-2-4-15-9-10-22-19(15)16;/h2-10,12,22H,11,13H2,1H3;1H/b6-3+;. The molecule has 1 N–H and O–H groups in total. The lowest BCUT2D eigenvalue weighted by atomic mass is 10.1. The number of hydrogen-bond acceptors (Lipinski definition) is 1. The molecule has 0 saturated heterocycles. The average Bonchev–Trinajstić information content (AvgIpc) is 2.99. The number of para-hydroxylation sites is 1. The molecule has 0 amide bonds. The second kappa shape index (κ2) is 8.59. The van der Waals surface area contributed by atoms with E-state index in [4.69, 9.17) is 23.2 Å². The predicted octanol–water partition coefficient (Wildman–Crippen LogP) is 6.04. The average molecular weight is 382 g/mol. The number of likely N-dealkylation sites (N-methyl/N-ethyl adjacent to an activating group) is 1. The van der Waals surface area contributed by atoms with Crippen molar-refractivity contribution < 1.29 is 0 Å². The summed E-state index contributed by atoms with van der Waals surface area (Å²) < 4.78 is 0. The maximum Gasteiger partial charge on any atom is 0.0499 e. The fourth-order valence-electron chi connectivity index (χ4n) is 2.63. The lowest BCUT2D eigenvalue weighted by molar-refractivity contribution is 0.365. The Morgan fingerprint density at radius 3 is 2.75 bits per heavy atom. The third-order valence-electron chi connectivity index (χ3n) is 3.79. The Labute approximate surface area is 158 Å². The maximum absolute atomic E-state index is 6.17. The van der Waals surface area contributed by atoms with Gasteiger partial charge in [0.1, 0.15) is 0 Å². The molecule has 0 aliphatic rings. The molecule has 0 unspecified atom stereocenters. The van der Waals surface area contributed by atoms with Gasteiger partial charge in [0.05, 0.1) is 0 Å². The first-order valence-electron chi connectivity index (χ1n) is 7.48. The van der Waals surface area contributed by atoms with Gasteiger partial charge in [-0.15, -0.1) is 12.4 Å². The Balaban J connectivity index is 0.00000208. The highest BCUT2D eigenvalue weighted by molar-refractivity contribution is 6.35.